The van der Waals surface area contributed by atoms with Gasteiger partial charge in [-0.25, -0.2) is 9.97 Å². The number of thiophene rings is 1. The van der Waals surface area contributed by atoms with Gasteiger partial charge < -0.3 is 10.1 Å². The average molecular weight is 431 g/mol. The lowest BCUT2D eigenvalue weighted by atomic mass is 9.95. The predicted molar refractivity (Wildman–Crippen MR) is 122 cm³/mol. The second kappa shape index (κ2) is 7.66. The summed E-state index contributed by atoms with van der Waals surface area (Å²) < 4.78 is 5.64. The molecule has 0 spiro atoms. The van der Waals surface area contributed by atoms with Gasteiger partial charge in [0.25, 0.3) is 0 Å². The van der Waals surface area contributed by atoms with Gasteiger partial charge in [-0.1, -0.05) is 0 Å². The molecule has 6 rings (SSSR count). The first-order valence-corrected chi connectivity index (χ1v) is 13.3. The monoisotopic (exact) mass is 430 g/mol. The van der Waals surface area contributed by atoms with Crippen molar-refractivity contribution in [2.45, 2.75) is 56.4 Å². The maximum absolute atomic E-state index is 5.64. The first-order chi connectivity index (χ1) is 14.3. The third-order valence-corrected chi connectivity index (χ3v) is 9.54. The molecule has 4 heterocycles. The Balaban J connectivity index is 1.35. The van der Waals surface area contributed by atoms with Crippen LogP contribution in [0, 0.1) is 0 Å². The van der Waals surface area contributed by atoms with E-state index in [4.69, 9.17) is 14.7 Å². The van der Waals surface area contributed by atoms with Crippen LogP contribution in [0.15, 0.2) is 0 Å². The van der Waals surface area contributed by atoms with Crippen LogP contribution >= 0.6 is 23.1 Å². The van der Waals surface area contributed by atoms with Crippen LogP contribution in [-0.2, 0) is 17.6 Å². The van der Waals surface area contributed by atoms with E-state index < -0.39 is 0 Å². The second-order valence-corrected chi connectivity index (χ2v) is 11.3. The zero-order chi connectivity index (χ0) is 19.3. The van der Waals surface area contributed by atoms with Crippen LogP contribution < -0.4 is 5.32 Å². The van der Waals surface area contributed by atoms with Crippen molar-refractivity contribution in [3.8, 4) is 0 Å². The molecule has 2 aromatic heterocycles. The van der Waals surface area contributed by atoms with Crippen LogP contribution in [0.3, 0.4) is 0 Å². The molecule has 0 unspecified atom stereocenters. The van der Waals surface area contributed by atoms with Crippen molar-refractivity contribution in [3.05, 3.63) is 16.3 Å². The standard InChI is InChI=1S/C22H30N4OS2/c1-2-4-17-16(3-1)18-20(24-19(15-5-6-15)25-21(18)29-17)23-13-22(7-12-28-14-22)26-8-10-27-11-9-26/h15H,1-14H2,(H,23,24,25)/t22-/m1/s1. The van der Waals surface area contributed by atoms with Crippen molar-refractivity contribution in [1.29, 1.82) is 0 Å². The normalized spacial score (nSPS) is 28.0. The fraction of sp³-hybridized carbons (Fsp3) is 0.727. The van der Waals surface area contributed by atoms with Gasteiger partial charge in [-0.3, -0.25) is 4.90 Å². The number of morpholine rings is 1. The fourth-order valence-electron chi connectivity index (χ4n) is 5.21. The first-order valence-electron chi connectivity index (χ1n) is 11.3. The van der Waals surface area contributed by atoms with E-state index in [9.17, 15) is 0 Å². The molecule has 0 amide bonds. The number of fused-ring (bicyclic) bond motifs is 3. The smallest absolute Gasteiger partial charge is 0.138 e. The van der Waals surface area contributed by atoms with Gasteiger partial charge in [0.15, 0.2) is 0 Å². The Morgan fingerprint density at radius 1 is 1.14 bits per heavy atom. The molecule has 0 bridgehead atoms. The highest BCUT2D eigenvalue weighted by atomic mass is 32.2. The lowest BCUT2D eigenvalue weighted by Crippen LogP contribution is -2.57. The lowest BCUT2D eigenvalue weighted by Gasteiger charge is -2.43. The largest absolute Gasteiger partial charge is 0.379 e. The molecule has 2 aliphatic heterocycles. The molecule has 1 atom stereocenters. The maximum Gasteiger partial charge on any atom is 0.138 e. The molecule has 2 aliphatic carbocycles. The SMILES string of the molecule is C1CCc2c(sc3nc(C4CC4)nc(NC[C@]4(N5CCOCC5)CCSC4)c23)C1. The average Bonchev–Trinajstić information content (AvgIpc) is 3.39. The Hall–Kier alpha value is -0.890. The third kappa shape index (κ3) is 3.48. The molecule has 2 saturated heterocycles. The molecular weight excluding hydrogens is 400 g/mol. The van der Waals surface area contributed by atoms with E-state index in [1.165, 1.54) is 66.7 Å². The van der Waals surface area contributed by atoms with Gasteiger partial charge in [0.2, 0.25) is 0 Å². The summed E-state index contributed by atoms with van der Waals surface area (Å²) in [6.07, 6.45) is 8.81. The van der Waals surface area contributed by atoms with Crippen molar-refractivity contribution >= 4 is 39.1 Å². The van der Waals surface area contributed by atoms with E-state index >= 15 is 0 Å². The van der Waals surface area contributed by atoms with Crippen LogP contribution in [-0.4, -0.2) is 64.8 Å². The molecule has 1 N–H and O–H groups in total. The molecular formula is C22H30N4OS2. The number of nitrogens with zero attached hydrogens (tertiary/aromatic N) is 3. The summed E-state index contributed by atoms with van der Waals surface area (Å²) in [5.74, 6) is 5.28. The third-order valence-electron chi connectivity index (χ3n) is 7.12. The van der Waals surface area contributed by atoms with Crippen LogP contribution in [0.2, 0.25) is 0 Å². The summed E-state index contributed by atoms with van der Waals surface area (Å²) in [7, 11) is 0. The predicted octanol–water partition coefficient (Wildman–Crippen LogP) is 4.07. The zero-order valence-corrected chi connectivity index (χ0v) is 18.7. The quantitative estimate of drug-likeness (QED) is 0.772. The lowest BCUT2D eigenvalue weighted by molar-refractivity contribution is -0.00922. The highest BCUT2D eigenvalue weighted by Gasteiger charge is 2.41. The van der Waals surface area contributed by atoms with Gasteiger partial charge in [0, 0.05) is 41.7 Å². The highest BCUT2D eigenvalue weighted by molar-refractivity contribution is 7.99. The van der Waals surface area contributed by atoms with Gasteiger partial charge in [-0.05, 0) is 56.3 Å². The van der Waals surface area contributed by atoms with E-state index in [1.54, 1.807) is 10.4 Å². The van der Waals surface area contributed by atoms with Crippen molar-refractivity contribution < 1.29 is 4.74 Å². The summed E-state index contributed by atoms with van der Waals surface area (Å²) in [6, 6.07) is 0. The van der Waals surface area contributed by atoms with Gasteiger partial charge in [-0.15, -0.1) is 11.3 Å². The first kappa shape index (κ1) is 18.8. The second-order valence-electron chi connectivity index (χ2n) is 9.08. The van der Waals surface area contributed by atoms with Gasteiger partial charge in [-0.2, -0.15) is 11.8 Å². The number of aryl methyl sites for hydroxylation is 2. The molecule has 5 nitrogen and oxygen atoms in total. The molecule has 156 valence electrons. The number of rotatable bonds is 5. The Morgan fingerprint density at radius 3 is 2.79 bits per heavy atom. The van der Waals surface area contributed by atoms with Crippen molar-refractivity contribution in [2.24, 2.45) is 0 Å². The summed E-state index contributed by atoms with van der Waals surface area (Å²) in [6.45, 7) is 4.84. The van der Waals surface area contributed by atoms with E-state index in [0.29, 0.717) is 5.92 Å². The number of anilines is 1. The van der Waals surface area contributed by atoms with Crippen molar-refractivity contribution in [2.75, 3.05) is 49.7 Å². The highest BCUT2D eigenvalue weighted by Crippen LogP contribution is 2.44. The Labute approximate surface area is 181 Å². The molecule has 4 aliphatic rings. The van der Waals surface area contributed by atoms with Gasteiger partial charge in [0.05, 0.1) is 18.6 Å². The number of nitrogens with one attached hydrogen (secondary N) is 1. The molecule has 3 fully saturated rings. The Morgan fingerprint density at radius 2 is 2.00 bits per heavy atom. The molecule has 2 aromatic rings. The maximum atomic E-state index is 5.64. The Bertz CT molecular complexity index is 898. The van der Waals surface area contributed by atoms with Crippen LogP contribution in [0.5, 0.6) is 0 Å². The van der Waals surface area contributed by atoms with E-state index in [1.807, 2.05) is 11.3 Å². The number of aromatic nitrogens is 2. The van der Waals surface area contributed by atoms with Gasteiger partial charge >= 0.3 is 0 Å². The van der Waals surface area contributed by atoms with Crippen molar-refractivity contribution in [3.63, 3.8) is 0 Å². The Kier molecular flexibility index (Phi) is 4.98. The molecule has 0 radical (unpaired) electrons. The minimum atomic E-state index is 0.238. The summed E-state index contributed by atoms with van der Waals surface area (Å²) in [5, 5.41) is 5.23. The van der Waals surface area contributed by atoms with E-state index in [2.05, 4.69) is 22.0 Å². The minimum absolute atomic E-state index is 0.238. The minimum Gasteiger partial charge on any atom is -0.379 e. The number of hydrogen-bond acceptors (Lipinski definition) is 7. The molecule has 29 heavy (non-hydrogen) atoms. The fourth-order valence-corrected chi connectivity index (χ4v) is 7.95. The summed E-state index contributed by atoms with van der Waals surface area (Å²) in [5.41, 5.74) is 1.78. The molecule has 0 aromatic carbocycles. The molecule has 1 saturated carbocycles. The van der Waals surface area contributed by atoms with Gasteiger partial charge in [0.1, 0.15) is 16.5 Å². The topological polar surface area (TPSA) is 50.3 Å². The van der Waals surface area contributed by atoms with E-state index in [0.717, 1.165) is 44.5 Å². The number of hydrogen-bond donors (Lipinski definition) is 1. The van der Waals surface area contributed by atoms with Crippen LogP contribution in [0.25, 0.3) is 10.2 Å². The zero-order valence-electron chi connectivity index (χ0n) is 17.0. The van der Waals surface area contributed by atoms with Crippen molar-refractivity contribution in [1.82, 2.24) is 14.9 Å². The van der Waals surface area contributed by atoms with Crippen LogP contribution in [0.1, 0.15) is 54.3 Å². The summed E-state index contributed by atoms with van der Waals surface area (Å²) in [4.78, 5) is 15.6. The number of thioether (sulfide) groups is 1. The summed E-state index contributed by atoms with van der Waals surface area (Å²) >= 11 is 4.04. The van der Waals surface area contributed by atoms with E-state index in [-0.39, 0.29) is 5.54 Å². The number of ether oxygens (including phenoxy) is 1. The van der Waals surface area contributed by atoms with Crippen LogP contribution in [0.4, 0.5) is 5.82 Å². The molecule has 7 heteroatoms.